The molecule has 50 heavy (non-hydrogen) atoms. The Balaban J connectivity index is 1.22. The highest BCUT2D eigenvalue weighted by atomic mass is 14.8. The second-order valence-electron chi connectivity index (χ2n) is 12.8. The van der Waals surface area contributed by atoms with Gasteiger partial charge in [-0.05, 0) is 70.1 Å². The third-order valence-electron chi connectivity index (χ3n) is 9.61. The van der Waals surface area contributed by atoms with Gasteiger partial charge in [-0.3, -0.25) is 4.98 Å². The summed E-state index contributed by atoms with van der Waals surface area (Å²) in [5.41, 5.74) is 16.3. The number of fused-ring (bicyclic) bond motifs is 3. The molecule has 1 N–H and O–H groups in total. The van der Waals surface area contributed by atoms with Gasteiger partial charge in [-0.15, -0.1) is 0 Å². The van der Waals surface area contributed by atoms with E-state index in [2.05, 4.69) is 182 Å². The molecule has 0 aliphatic carbocycles. The highest BCUT2D eigenvalue weighted by molar-refractivity contribution is 6.15. The fraction of sp³-hybridized carbons (Fsp3) is 0.0213. The fourth-order valence-corrected chi connectivity index (χ4v) is 7.08. The molecule has 6 aromatic carbocycles. The lowest BCUT2D eigenvalue weighted by atomic mass is 9.97. The predicted octanol–water partition coefficient (Wildman–Crippen LogP) is 12.4. The van der Waals surface area contributed by atoms with E-state index in [1.54, 1.807) is 0 Å². The molecule has 0 amide bonds. The van der Waals surface area contributed by atoms with Gasteiger partial charge in [-0.1, -0.05) is 146 Å². The van der Waals surface area contributed by atoms with Crippen LogP contribution in [0.5, 0.6) is 0 Å². The Morgan fingerprint density at radius 2 is 0.900 bits per heavy atom. The summed E-state index contributed by atoms with van der Waals surface area (Å²) in [7, 11) is 0. The van der Waals surface area contributed by atoms with Crippen LogP contribution in [-0.2, 0) is 0 Å². The van der Waals surface area contributed by atoms with Crippen LogP contribution in [0.1, 0.15) is 5.56 Å². The molecule has 0 bridgehead atoms. The standard InChI is InChI=1S/C47H33N3/c1-31-30-48-44(29-42(31)34-18-9-4-10-19-34)40-24-12-22-38-39-23-13-25-41(47(39)50-46(38)40)45-28-37(33-16-7-3-8-17-33)27-43(49-45)36-21-11-20-35(26-36)32-14-5-2-6-15-32/h2-30,50H,1H3. The minimum Gasteiger partial charge on any atom is -0.353 e. The first-order valence-corrected chi connectivity index (χ1v) is 17.0. The molecule has 0 saturated heterocycles. The van der Waals surface area contributed by atoms with Crippen LogP contribution >= 0.6 is 0 Å². The summed E-state index contributed by atoms with van der Waals surface area (Å²) in [6.45, 7) is 2.12. The summed E-state index contributed by atoms with van der Waals surface area (Å²) >= 11 is 0. The van der Waals surface area contributed by atoms with Crippen molar-refractivity contribution in [2.45, 2.75) is 6.92 Å². The Morgan fingerprint density at radius 3 is 1.56 bits per heavy atom. The number of nitrogens with zero attached hydrogens (tertiary/aromatic N) is 2. The second kappa shape index (κ2) is 12.5. The second-order valence-corrected chi connectivity index (χ2v) is 12.8. The Hall–Kier alpha value is -6.58. The van der Waals surface area contributed by atoms with E-state index in [0.29, 0.717) is 0 Å². The highest BCUT2D eigenvalue weighted by Gasteiger charge is 2.17. The van der Waals surface area contributed by atoms with Gasteiger partial charge in [0.25, 0.3) is 0 Å². The molecule has 3 heteroatoms. The van der Waals surface area contributed by atoms with Crippen molar-refractivity contribution in [1.82, 2.24) is 15.0 Å². The number of hydrogen-bond acceptors (Lipinski definition) is 2. The smallest absolute Gasteiger partial charge is 0.0736 e. The summed E-state index contributed by atoms with van der Waals surface area (Å²) in [4.78, 5) is 14.1. The maximum Gasteiger partial charge on any atom is 0.0736 e. The number of aromatic amines is 1. The van der Waals surface area contributed by atoms with Crippen LogP contribution in [-0.4, -0.2) is 15.0 Å². The molecule has 0 fully saturated rings. The maximum absolute atomic E-state index is 5.36. The van der Waals surface area contributed by atoms with Gasteiger partial charge in [0.2, 0.25) is 0 Å². The topological polar surface area (TPSA) is 41.6 Å². The number of H-pyrrole nitrogens is 1. The van der Waals surface area contributed by atoms with Crippen molar-refractivity contribution >= 4 is 21.8 Å². The van der Waals surface area contributed by atoms with Crippen molar-refractivity contribution in [3.05, 3.63) is 182 Å². The van der Waals surface area contributed by atoms with Crippen LogP contribution in [0.2, 0.25) is 0 Å². The largest absolute Gasteiger partial charge is 0.353 e. The third kappa shape index (κ3) is 5.35. The number of para-hydroxylation sites is 2. The molecule has 0 saturated carbocycles. The quantitative estimate of drug-likeness (QED) is 0.197. The average Bonchev–Trinajstić information content (AvgIpc) is 3.58. The van der Waals surface area contributed by atoms with Gasteiger partial charge in [-0.2, -0.15) is 0 Å². The van der Waals surface area contributed by atoms with Crippen LogP contribution in [0.4, 0.5) is 0 Å². The van der Waals surface area contributed by atoms with Crippen molar-refractivity contribution < 1.29 is 0 Å². The molecule has 9 aromatic rings. The number of nitrogens with one attached hydrogen (secondary N) is 1. The van der Waals surface area contributed by atoms with Gasteiger partial charge in [-0.25, -0.2) is 4.98 Å². The molecule has 0 unspecified atom stereocenters. The number of aryl methyl sites for hydroxylation is 1. The van der Waals surface area contributed by atoms with E-state index in [1.807, 2.05) is 6.20 Å². The molecular formula is C47H33N3. The van der Waals surface area contributed by atoms with Crippen molar-refractivity contribution in [3.8, 4) is 67.2 Å². The third-order valence-corrected chi connectivity index (χ3v) is 9.61. The molecule has 0 radical (unpaired) electrons. The Morgan fingerprint density at radius 1 is 0.380 bits per heavy atom. The van der Waals surface area contributed by atoms with Gasteiger partial charge in [0.15, 0.2) is 0 Å². The normalized spacial score (nSPS) is 11.3. The van der Waals surface area contributed by atoms with Gasteiger partial charge in [0, 0.05) is 33.7 Å². The van der Waals surface area contributed by atoms with Gasteiger partial charge >= 0.3 is 0 Å². The number of rotatable bonds is 6. The summed E-state index contributed by atoms with van der Waals surface area (Å²) in [6.07, 6.45) is 1.98. The predicted molar refractivity (Wildman–Crippen MR) is 209 cm³/mol. The molecule has 3 nitrogen and oxygen atoms in total. The zero-order valence-corrected chi connectivity index (χ0v) is 27.6. The minimum absolute atomic E-state index is 0.921. The average molecular weight is 640 g/mol. The highest BCUT2D eigenvalue weighted by Crippen LogP contribution is 2.39. The molecule has 3 heterocycles. The SMILES string of the molecule is Cc1cnc(-c2cccc3c2[nH]c2c(-c4cc(-c5ccccc5)cc(-c5cccc(-c6ccccc6)c5)n4)cccc23)cc1-c1ccccc1. The molecule has 0 aliphatic heterocycles. The van der Waals surface area contributed by atoms with E-state index in [9.17, 15) is 0 Å². The lowest BCUT2D eigenvalue weighted by Crippen LogP contribution is -1.92. The van der Waals surface area contributed by atoms with E-state index in [1.165, 1.54) is 22.3 Å². The Labute approximate surface area is 291 Å². The van der Waals surface area contributed by atoms with Crippen LogP contribution in [0.15, 0.2) is 176 Å². The van der Waals surface area contributed by atoms with E-state index >= 15 is 0 Å². The maximum atomic E-state index is 5.36. The first-order chi connectivity index (χ1) is 24.7. The first kappa shape index (κ1) is 29.6. The zero-order chi connectivity index (χ0) is 33.4. The molecule has 0 atom stereocenters. The van der Waals surface area contributed by atoms with E-state index < -0.39 is 0 Å². The monoisotopic (exact) mass is 639 g/mol. The number of hydrogen-bond donors (Lipinski definition) is 1. The fourth-order valence-electron chi connectivity index (χ4n) is 7.08. The lowest BCUT2D eigenvalue weighted by Gasteiger charge is -2.12. The van der Waals surface area contributed by atoms with Crippen LogP contribution < -0.4 is 0 Å². The van der Waals surface area contributed by atoms with Gasteiger partial charge in [0.1, 0.15) is 0 Å². The minimum atomic E-state index is 0.921. The summed E-state index contributed by atoms with van der Waals surface area (Å²) < 4.78 is 0. The van der Waals surface area contributed by atoms with Crippen molar-refractivity contribution in [2.24, 2.45) is 0 Å². The van der Waals surface area contributed by atoms with Crippen molar-refractivity contribution in [1.29, 1.82) is 0 Å². The number of pyridine rings is 2. The summed E-state index contributed by atoms with van der Waals surface area (Å²) in [6, 6.07) is 60.0. The van der Waals surface area contributed by atoms with Crippen LogP contribution in [0, 0.1) is 6.92 Å². The molecule has 236 valence electrons. The zero-order valence-electron chi connectivity index (χ0n) is 27.6. The number of aromatic nitrogens is 3. The Kier molecular flexibility index (Phi) is 7.37. The first-order valence-electron chi connectivity index (χ1n) is 17.0. The summed E-state index contributed by atoms with van der Waals surface area (Å²) in [5, 5.41) is 2.33. The van der Waals surface area contributed by atoms with Crippen molar-refractivity contribution in [2.75, 3.05) is 0 Å². The lowest BCUT2D eigenvalue weighted by molar-refractivity contribution is 1.27. The molecule has 0 aliphatic rings. The van der Waals surface area contributed by atoms with Crippen molar-refractivity contribution in [3.63, 3.8) is 0 Å². The van der Waals surface area contributed by atoms with Crippen LogP contribution in [0.25, 0.3) is 89.0 Å². The van der Waals surface area contributed by atoms with Gasteiger partial charge < -0.3 is 4.98 Å². The molecule has 3 aromatic heterocycles. The summed E-state index contributed by atoms with van der Waals surface area (Å²) in [5.74, 6) is 0. The van der Waals surface area contributed by atoms with E-state index in [4.69, 9.17) is 9.97 Å². The number of benzene rings is 6. The van der Waals surface area contributed by atoms with Gasteiger partial charge in [0.05, 0.1) is 28.1 Å². The van der Waals surface area contributed by atoms with E-state index in [0.717, 1.165) is 72.3 Å². The Bertz CT molecular complexity index is 2640. The molecular weight excluding hydrogens is 607 g/mol. The molecule has 0 spiro atoms. The van der Waals surface area contributed by atoms with E-state index in [-0.39, 0.29) is 0 Å². The van der Waals surface area contributed by atoms with Crippen LogP contribution in [0.3, 0.4) is 0 Å². The molecule has 9 rings (SSSR count).